The van der Waals surface area contributed by atoms with E-state index in [-0.39, 0.29) is 0 Å². The van der Waals surface area contributed by atoms with Crippen LogP contribution in [0.15, 0.2) is 48.6 Å². The van der Waals surface area contributed by atoms with Gasteiger partial charge in [0.2, 0.25) is 0 Å². The molecule has 0 aromatic carbocycles. The van der Waals surface area contributed by atoms with Gasteiger partial charge in [-0.1, -0.05) is 68.4 Å². The van der Waals surface area contributed by atoms with E-state index in [1.54, 1.807) is 11.1 Å². The zero-order valence-electron chi connectivity index (χ0n) is 30.3. The second-order valence-corrected chi connectivity index (χ2v) is 19.4. The van der Waals surface area contributed by atoms with Crippen molar-refractivity contribution < 1.29 is 0 Å². The first-order valence-corrected chi connectivity index (χ1v) is 20.5. The van der Waals surface area contributed by atoms with Gasteiger partial charge >= 0.3 is 0 Å². The molecule has 256 valence electrons. The smallest absolute Gasteiger partial charge is 0.000959 e. The fraction of sp³-hybridized carbons (Fsp3) is 0.822. The van der Waals surface area contributed by atoms with Gasteiger partial charge in [-0.25, -0.2) is 0 Å². The van der Waals surface area contributed by atoms with Crippen molar-refractivity contribution in [3.05, 3.63) is 48.6 Å². The Morgan fingerprint density at radius 3 is 1.33 bits per heavy atom. The Morgan fingerprint density at radius 2 is 0.870 bits per heavy atom. The third kappa shape index (κ3) is 7.71. The SMILES string of the molecule is C=C1CC2CCC(CC(C)C[C@@H]3CCC4CC(=C)C[C@@H]4C3)C[C@H]2C1.C=C1CC2CCC(CN(C)C[C@@H]3CCC4CC(=C)C[C@@H]43)[C@H]2C1. The summed E-state index contributed by atoms with van der Waals surface area (Å²) in [6.45, 7) is 22.3. The van der Waals surface area contributed by atoms with Gasteiger partial charge in [0.25, 0.3) is 0 Å². The van der Waals surface area contributed by atoms with Crippen LogP contribution in [0.1, 0.15) is 135 Å². The summed E-state index contributed by atoms with van der Waals surface area (Å²) in [5.41, 5.74) is 6.16. The lowest BCUT2D eigenvalue weighted by atomic mass is 9.70. The normalized spacial score (nSPS) is 43.8. The second kappa shape index (κ2) is 14.4. The van der Waals surface area contributed by atoms with E-state index in [0.717, 1.165) is 76.9 Å². The van der Waals surface area contributed by atoms with Crippen molar-refractivity contribution in [3.8, 4) is 0 Å². The summed E-state index contributed by atoms with van der Waals surface area (Å²) in [5.74, 6) is 12.8. The molecule has 8 aliphatic carbocycles. The van der Waals surface area contributed by atoms with E-state index in [4.69, 9.17) is 0 Å². The quantitative estimate of drug-likeness (QED) is 0.243. The topological polar surface area (TPSA) is 3.24 Å². The molecule has 0 bridgehead atoms. The number of hydrogen-bond donors (Lipinski definition) is 0. The monoisotopic (exact) mass is 626 g/mol. The molecule has 8 fully saturated rings. The first-order chi connectivity index (χ1) is 22.2. The highest BCUT2D eigenvalue weighted by Crippen LogP contribution is 2.52. The highest BCUT2D eigenvalue weighted by molar-refractivity contribution is 5.12. The Labute approximate surface area is 285 Å². The maximum Gasteiger partial charge on any atom is 0.000959 e. The molecule has 0 radical (unpaired) electrons. The molecule has 46 heavy (non-hydrogen) atoms. The van der Waals surface area contributed by atoms with Crippen LogP contribution in [-0.2, 0) is 0 Å². The Bertz CT molecular complexity index is 1040. The zero-order valence-corrected chi connectivity index (χ0v) is 30.3. The lowest BCUT2D eigenvalue weighted by Crippen LogP contribution is -2.33. The van der Waals surface area contributed by atoms with Crippen LogP contribution in [0.3, 0.4) is 0 Å². The second-order valence-electron chi connectivity index (χ2n) is 19.4. The van der Waals surface area contributed by atoms with Crippen LogP contribution in [-0.4, -0.2) is 25.0 Å². The minimum Gasteiger partial charge on any atom is -0.306 e. The molecule has 7 unspecified atom stereocenters. The predicted molar refractivity (Wildman–Crippen MR) is 197 cm³/mol. The molecule has 1 nitrogen and oxygen atoms in total. The van der Waals surface area contributed by atoms with Gasteiger partial charge in [-0.15, -0.1) is 0 Å². The Kier molecular flexibility index (Phi) is 10.5. The molecule has 13 atom stereocenters. The van der Waals surface area contributed by atoms with E-state index in [9.17, 15) is 0 Å². The van der Waals surface area contributed by atoms with Crippen LogP contribution < -0.4 is 0 Å². The molecule has 0 spiro atoms. The minimum absolute atomic E-state index is 0.947. The van der Waals surface area contributed by atoms with E-state index in [0.29, 0.717) is 0 Å². The average molecular weight is 626 g/mol. The molecular formula is C45H71N. The Balaban J connectivity index is 0.000000147. The first kappa shape index (κ1) is 33.4. The number of allylic oxidation sites excluding steroid dienone is 4. The highest BCUT2D eigenvalue weighted by atomic mass is 15.1. The highest BCUT2D eigenvalue weighted by Gasteiger charge is 2.43. The van der Waals surface area contributed by atoms with Gasteiger partial charge in [-0.2, -0.15) is 0 Å². The van der Waals surface area contributed by atoms with Crippen molar-refractivity contribution in [1.29, 1.82) is 0 Å². The summed E-state index contributed by atoms with van der Waals surface area (Å²) >= 11 is 0. The van der Waals surface area contributed by atoms with Crippen molar-refractivity contribution in [2.45, 2.75) is 135 Å². The minimum atomic E-state index is 0.947. The van der Waals surface area contributed by atoms with Crippen LogP contribution in [0.25, 0.3) is 0 Å². The summed E-state index contributed by atoms with van der Waals surface area (Å²) in [4.78, 5) is 2.68. The van der Waals surface area contributed by atoms with Crippen LogP contribution in [0.2, 0.25) is 0 Å². The van der Waals surface area contributed by atoms with Crippen molar-refractivity contribution in [2.24, 2.45) is 76.9 Å². The Hall–Kier alpha value is -1.08. The molecule has 0 heterocycles. The van der Waals surface area contributed by atoms with Gasteiger partial charge in [0.1, 0.15) is 0 Å². The van der Waals surface area contributed by atoms with Crippen LogP contribution in [0, 0.1) is 76.9 Å². The third-order valence-corrected chi connectivity index (χ3v) is 15.7. The molecule has 0 amide bonds. The molecule has 0 saturated heterocycles. The summed E-state index contributed by atoms with van der Waals surface area (Å²) < 4.78 is 0. The van der Waals surface area contributed by atoms with E-state index in [1.165, 1.54) is 153 Å². The van der Waals surface area contributed by atoms with Crippen LogP contribution >= 0.6 is 0 Å². The number of rotatable bonds is 8. The van der Waals surface area contributed by atoms with Gasteiger partial charge < -0.3 is 4.90 Å². The number of hydrogen-bond acceptors (Lipinski definition) is 1. The molecule has 0 aliphatic heterocycles. The first-order valence-electron chi connectivity index (χ1n) is 20.5. The molecule has 8 saturated carbocycles. The van der Waals surface area contributed by atoms with Crippen molar-refractivity contribution in [3.63, 3.8) is 0 Å². The summed E-state index contributed by atoms with van der Waals surface area (Å²) in [7, 11) is 2.38. The zero-order chi connectivity index (χ0) is 31.9. The maximum atomic E-state index is 4.27. The molecular weight excluding hydrogens is 555 g/mol. The molecule has 8 aliphatic rings. The molecule has 8 rings (SSSR count). The summed E-state index contributed by atoms with van der Waals surface area (Å²) in [5, 5.41) is 0. The van der Waals surface area contributed by atoms with Crippen molar-refractivity contribution >= 4 is 0 Å². The summed E-state index contributed by atoms with van der Waals surface area (Å²) in [6, 6.07) is 0. The predicted octanol–water partition coefficient (Wildman–Crippen LogP) is 12.1. The maximum absolute atomic E-state index is 4.27. The van der Waals surface area contributed by atoms with E-state index in [2.05, 4.69) is 45.2 Å². The van der Waals surface area contributed by atoms with Crippen LogP contribution in [0.5, 0.6) is 0 Å². The van der Waals surface area contributed by atoms with E-state index < -0.39 is 0 Å². The standard InChI is InChI=1S/C24H38.C21H33N/c1-16(8-19-4-6-21-10-17(2)12-23(21)14-19)9-20-5-7-22-11-18(3)13-24(22)15-20;1-14-8-16-4-6-18(20(16)10-14)12-22(3)13-19-7-5-17-9-15(2)11-21(17)19/h16,19-24H,2-15H2,1H3;16-21H,1-2,4-13H2,3H3/t16?,19-,20?,21?,22?,23+,24+;16?,17?,18-,19?,20-,21-/m00/s1. The fourth-order valence-electron chi connectivity index (χ4n) is 13.8. The third-order valence-electron chi connectivity index (χ3n) is 15.7. The van der Waals surface area contributed by atoms with Crippen molar-refractivity contribution in [2.75, 3.05) is 20.1 Å². The molecule has 1 heteroatoms. The lowest BCUT2D eigenvalue weighted by molar-refractivity contribution is 0.154. The molecule has 0 aromatic rings. The Morgan fingerprint density at radius 1 is 0.500 bits per heavy atom. The van der Waals surface area contributed by atoms with Gasteiger partial charge in [-0.3, -0.25) is 0 Å². The molecule has 0 N–H and O–H groups in total. The van der Waals surface area contributed by atoms with Gasteiger partial charge in [0.15, 0.2) is 0 Å². The summed E-state index contributed by atoms with van der Waals surface area (Å²) in [6.07, 6.45) is 28.7. The molecule has 0 aromatic heterocycles. The lowest BCUT2D eigenvalue weighted by Gasteiger charge is -2.35. The largest absolute Gasteiger partial charge is 0.306 e. The average Bonchev–Trinajstić information content (AvgIpc) is 3.83. The van der Waals surface area contributed by atoms with Gasteiger partial charge in [0, 0.05) is 13.1 Å². The van der Waals surface area contributed by atoms with E-state index in [1.807, 2.05) is 0 Å². The van der Waals surface area contributed by atoms with Gasteiger partial charge in [0.05, 0.1) is 0 Å². The van der Waals surface area contributed by atoms with Gasteiger partial charge in [-0.05, 0) is 200 Å². The fourth-order valence-corrected chi connectivity index (χ4v) is 13.8. The number of fused-ring (bicyclic) bond motifs is 4. The van der Waals surface area contributed by atoms with Crippen molar-refractivity contribution in [1.82, 2.24) is 4.90 Å². The number of nitrogens with zero attached hydrogens (tertiary/aromatic N) is 1. The van der Waals surface area contributed by atoms with E-state index >= 15 is 0 Å². The van der Waals surface area contributed by atoms with Crippen LogP contribution in [0.4, 0.5) is 0 Å².